The molecule has 2 aromatic rings. The minimum absolute atomic E-state index is 0.00349. The van der Waals surface area contributed by atoms with Crippen LogP contribution in [0.4, 0.5) is 0 Å². The van der Waals surface area contributed by atoms with Gasteiger partial charge < -0.3 is 54.1 Å². The molecule has 0 bridgehead atoms. The molecule has 0 saturated carbocycles. The summed E-state index contributed by atoms with van der Waals surface area (Å²) in [5, 5.41) is 27.2. The van der Waals surface area contributed by atoms with E-state index in [0.29, 0.717) is 24.9 Å². The Morgan fingerprint density at radius 2 is 1.48 bits per heavy atom. The molecule has 0 saturated heterocycles. The fourth-order valence-electron chi connectivity index (χ4n) is 4.49. The number of hydrogen-bond acceptors (Lipinski definition) is 8. The average Bonchev–Trinajstić information content (AvgIpc) is 3.38. The number of aliphatic imine (C=N–C) groups is 1. The Balaban J connectivity index is 2.28. The van der Waals surface area contributed by atoms with Gasteiger partial charge in [-0.05, 0) is 56.7 Å². The highest BCUT2D eigenvalue weighted by atomic mass is 16.4. The minimum atomic E-state index is -1.29. The molecule has 0 radical (unpaired) electrons. The van der Waals surface area contributed by atoms with E-state index >= 15 is 0 Å². The summed E-state index contributed by atoms with van der Waals surface area (Å²) in [4.78, 5) is 69.5. The number of para-hydroxylation sites is 1. The fraction of sp³-hybridized carbons (Fsp3) is 0.500. The predicted molar refractivity (Wildman–Crippen MR) is 163 cm³/mol. The van der Waals surface area contributed by atoms with Gasteiger partial charge in [0.25, 0.3) is 0 Å². The van der Waals surface area contributed by atoms with E-state index in [0.717, 1.165) is 10.9 Å². The van der Waals surface area contributed by atoms with E-state index in [1.165, 1.54) is 0 Å². The van der Waals surface area contributed by atoms with Crippen molar-refractivity contribution in [2.24, 2.45) is 27.9 Å². The third kappa shape index (κ3) is 11.9. The predicted octanol–water partition coefficient (Wildman–Crippen LogP) is -1.38. The Hall–Kier alpha value is -4.70. The zero-order valence-corrected chi connectivity index (χ0v) is 24.5. The van der Waals surface area contributed by atoms with Crippen LogP contribution in [0.25, 0.3) is 10.9 Å². The molecule has 242 valence electrons. The molecule has 0 aliphatic heterocycles. The maximum atomic E-state index is 13.5. The number of nitrogens with one attached hydrogen (secondary N) is 4. The van der Waals surface area contributed by atoms with Gasteiger partial charge in [-0.2, -0.15) is 0 Å². The Kier molecular flexibility index (Phi) is 14.6. The van der Waals surface area contributed by atoms with E-state index in [1.807, 2.05) is 24.3 Å². The molecule has 1 aromatic carbocycles. The van der Waals surface area contributed by atoms with Gasteiger partial charge in [0, 0.05) is 36.5 Å². The van der Waals surface area contributed by atoms with Crippen molar-refractivity contribution in [1.29, 1.82) is 0 Å². The average molecular weight is 618 g/mol. The number of nitrogens with two attached hydrogens (primary N) is 4. The highest BCUT2D eigenvalue weighted by Gasteiger charge is 2.31. The molecule has 0 aliphatic carbocycles. The molecule has 1 aromatic heterocycles. The highest BCUT2D eigenvalue weighted by Crippen LogP contribution is 2.19. The number of aromatic amines is 1. The number of amides is 3. The van der Waals surface area contributed by atoms with Gasteiger partial charge in [-0.25, -0.2) is 4.79 Å². The number of hydrogen-bond donors (Lipinski definition) is 10. The molecule has 1 heterocycles. The summed E-state index contributed by atoms with van der Waals surface area (Å²) in [6, 6.07) is 2.55. The fourth-order valence-corrected chi connectivity index (χ4v) is 4.49. The normalized spacial score (nSPS) is 13.7. The second-order valence-corrected chi connectivity index (χ2v) is 10.4. The third-order valence-electron chi connectivity index (χ3n) is 6.88. The van der Waals surface area contributed by atoms with Crippen LogP contribution in [0.15, 0.2) is 35.5 Å². The lowest BCUT2D eigenvalue weighted by atomic mass is 10.0. The summed E-state index contributed by atoms with van der Waals surface area (Å²) < 4.78 is 0. The lowest BCUT2D eigenvalue weighted by Gasteiger charge is -2.25. The van der Waals surface area contributed by atoms with Crippen molar-refractivity contribution in [3.8, 4) is 0 Å². The number of nitrogens with zero attached hydrogens (tertiary/aromatic N) is 1. The van der Waals surface area contributed by atoms with E-state index in [9.17, 15) is 29.1 Å². The van der Waals surface area contributed by atoms with Gasteiger partial charge in [0.05, 0.1) is 6.04 Å². The second kappa shape index (κ2) is 18.1. The van der Waals surface area contributed by atoms with Crippen molar-refractivity contribution < 1.29 is 34.2 Å². The van der Waals surface area contributed by atoms with Crippen LogP contribution in [-0.2, 0) is 30.4 Å². The van der Waals surface area contributed by atoms with Crippen molar-refractivity contribution in [1.82, 2.24) is 20.9 Å². The maximum absolute atomic E-state index is 13.5. The van der Waals surface area contributed by atoms with Crippen LogP contribution < -0.4 is 38.9 Å². The molecular formula is C28H43N9O7. The van der Waals surface area contributed by atoms with Crippen molar-refractivity contribution >= 4 is 46.5 Å². The number of H-pyrrole nitrogens is 1. The van der Waals surface area contributed by atoms with Gasteiger partial charge >= 0.3 is 11.9 Å². The van der Waals surface area contributed by atoms with Gasteiger partial charge in [0.15, 0.2) is 5.96 Å². The van der Waals surface area contributed by atoms with E-state index < -0.39 is 53.8 Å². The first kappa shape index (κ1) is 35.5. The summed E-state index contributed by atoms with van der Waals surface area (Å²) in [5.41, 5.74) is 23.6. The van der Waals surface area contributed by atoms with Crippen LogP contribution in [0.5, 0.6) is 0 Å². The molecular weight excluding hydrogens is 574 g/mol. The number of benzene rings is 1. The van der Waals surface area contributed by atoms with Crippen molar-refractivity contribution in [3.05, 3.63) is 36.0 Å². The number of unbranched alkanes of at least 4 members (excludes halogenated alkanes) is 1. The van der Waals surface area contributed by atoms with Crippen LogP contribution in [0.1, 0.15) is 50.5 Å². The monoisotopic (exact) mass is 617 g/mol. The zero-order chi connectivity index (χ0) is 32.6. The van der Waals surface area contributed by atoms with E-state index in [4.69, 9.17) is 28.0 Å². The number of carboxylic acids is 2. The van der Waals surface area contributed by atoms with Crippen molar-refractivity contribution in [2.75, 3.05) is 13.1 Å². The molecule has 0 spiro atoms. The highest BCUT2D eigenvalue weighted by molar-refractivity contribution is 5.95. The van der Waals surface area contributed by atoms with Gasteiger partial charge in [0.2, 0.25) is 17.7 Å². The summed E-state index contributed by atoms with van der Waals surface area (Å²) in [6.07, 6.45) is 2.73. The molecule has 16 nitrogen and oxygen atoms in total. The number of rotatable bonds is 20. The number of carboxylic acid groups (broad SMARTS) is 2. The first-order valence-electron chi connectivity index (χ1n) is 14.3. The Morgan fingerprint density at radius 1 is 0.841 bits per heavy atom. The smallest absolute Gasteiger partial charge is 0.326 e. The van der Waals surface area contributed by atoms with E-state index in [2.05, 4.69) is 25.9 Å². The van der Waals surface area contributed by atoms with Crippen LogP contribution in [-0.4, -0.2) is 88.1 Å². The van der Waals surface area contributed by atoms with Gasteiger partial charge in [-0.1, -0.05) is 18.2 Å². The Labute approximate surface area is 254 Å². The topological polar surface area (TPSA) is 294 Å². The molecule has 4 atom stereocenters. The molecule has 16 heteroatoms. The number of aromatic nitrogens is 1. The largest absolute Gasteiger partial charge is 0.481 e. The number of aliphatic carboxylic acids is 2. The molecule has 0 aliphatic rings. The third-order valence-corrected chi connectivity index (χ3v) is 6.88. The summed E-state index contributed by atoms with van der Waals surface area (Å²) in [5.74, 6) is -4.69. The first-order chi connectivity index (χ1) is 20.9. The number of carbonyl (C=O) groups is 5. The number of guanidine groups is 1. The SMILES string of the molecule is NCCCCC(NC(=O)C(N)CCC(=O)O)C(=O)NC(Cc1c[nH]c2ccccc12)C(=O)NC(CCCN=C(N)N)C(=O)O. The van der Waals surface area contributed by atoms with Crippen molar-refractivity contribution in [3.63, 3.8) is 0 Å². The Morgan fingerprint density at radius 3 is 2.14 bits per heavy atom. The lowest BCUT2D eigenvalue weighted by Crippen LogP contribution is -2.57. The summed E-state index contributed by atoms with van der Waals surface area (Å²) in [6.45, 7) is 0.516. The molecule has 4 unspecified atom stereocenters. The van der Waals surface area contributed by atoms with Crippen LogP contribution >= 0.6 is 0 Å². The minimum Gasteiger partial charge on any atom is -0.481 e. The summed E-state index contributed by atoms with van der Waals surface area (Å²) >= 11 is 0. The summed E-state index contributed by atoms with van der Waals surface area (Å²) in [7, 11) is 0. The van der Waals surface area contributed by atoms with Crippen LogP contribution in [0.2, 0.25) is 0 Å². The maximum Gasteiger partial charge on any atom is 0.326 e. The van der Waals surface area contributed by atoms with E-state index in [-0.39, 0.29) is 51.0 Å². The van der Waals surface area contributed by atoms with Gasteiger partial charge in [0.1, 0.15) is 18.1 Å². The number of carbonyl (C=O) groups excluding carboxylic acids is 3. The van der Waals surface area contributed by atoms with Crippen molar-refractivity contribution in [2.45, 2.75) is 75.5 Å². The van der Waals surface area contributed by atoms with Crippen LogP contribution in [0, 0.1) is 0 Å². The van der Waals surface area contributed by atoms with Gasteiger partial charge in [-0.3, -0.25) is 24.2 Å². The molecule has 2 rings (SSSR count). The Bertz CT molecular complexity index is 1310. The van der Waals surface area contributed by atoms with E-state index in [1.54, 1.807) is 6.20 Å². The molecule has 3 amide bonds. The van der Waals surface area contributed by atoms with Gasteiger partial charge in [-0.15, -0.1) is 0 Å². The zero-order valence-electron chi connectivity index (χ0n) is 24.5. The lowest BCUT2D eigenvalue weighted by molar-refractivity contribution is -0.142. The molecule has 14 N–H and O–H groups in total. The molecule has 44 heavy (non-hydrogen) atoms. The number of fused-ring (bicyclic) bond motifs is 1. The first-order valence-corrected chi connectivity index (χ1v) is 14.3. The standard InChI is InChI=1S/C28H43N9O7/c29-12-4-3-8-20(35-24(40)18(30)10-11-23(38)39)25(41)37-22(14-16-15-34-19-7-2-1-6-17(16)19)26(42)36-21(27(43)44)9-5-13-33-28(31)32/h1-2,6-7,15,18,20-22,34H,3-5,8-14,29-30H2,(H,35,40)(H,36,42)(H,37,41)(H,38,39)(H,43,44)(H4,31,32,33). The quantitative estimate of drug-likeness (QED) is 0.0469. The second-order valence-electron chi connectivity index (χ2n) is 10.4. The van der Waals surface area contributed by atoms with Crippen LogP contribution in [0.3, 0.4) is 0 Å². The molecule has 0 fully saturated rings.